The van der Waals surface area contributed by atoms with Crippen LogP contribution in [0.4, 0.5) is 0 Å². The molecule has 0 unspecified atom stereocenters. The van der Waals surface area contributed by atoms with Crippen molar-refractivity contribution in [1.82, 2.24) is 0 Å². The van der Waals surface area contributed by atoms with Crippen LogP contribution in [0.2, 0.25) is 0 Å². The van der Waals surface area contributed by atoms with Crippen LogP contribution in [0, 0.1) is 0 Å². The summed E-state index contributed by atoms with van der Waals surface area (Å²) >= 11 is 0. The van der Waals surface area contributed by atoms with Crippen molar-refractivity contribution in [3.05, 3.63) is 59.7 Å². The first-order chi connectivity index (χ1) is 18.3. The molecule has 37 heavy (non-hydrogen) atoms. The number of ether oxygens (including phenoxy) is 3. The molecule has 4 aliphatic rings. The molecule has 0 radical (unpaired) electrons. The predicted molar refractivity (Wildman–Crippen MR) is 170 cm³/mol. The van der Waals surface area contributed by atoms with Crippen molar-refractivity contribution < 1.29 is 14.2 Å². The maximum absolute atomic E-state index is 5.30. The third-order valence-electron chi connectivity index (χ3n) is 5.15. The van der Waals surface area contributed by atoms with Crippen molar-refractivity contribution in [2.24, 2.45) is 0 Å². The minimum atomic E-state index is 0.577. The first-order valence-corrected chi connectivity index (χ1v) is 16.5. The fraction of sp³-hybridized carbons (Fsp3) is 0.606. The van der Waals surface area contributed by atoms with Crippen LogP contribution in [0.1, 0.15) is 92.2 Å². The molecule has 0 N–H and O–H groups in total. The average Bonchev–Trinajstić information content (AvgIpc) is 3.83. The Morgan fingerprint density at radius 2 is 0.919 bits per heavy atom. The number of fused-ring (bicyclic) bond motifs is 2. The number of rotatable bonds is 0. The molecule has 2 fully saturated rings. The molecule has 2 aromatic rings. The first kappa shape index (κ1) is 37.4. The van der Waals surface area contributed by atoms with Gasteiger partial charge in [0.1, 0.15) is 11.5 Å². The molecule has 0 spiro atoms. The lowest BCUT2D eigenvalue weighted by atomic mass is 10.2. The first-order valence-electron chi connectivity index (χ1n) is 14.8. The minimum absolute atomic E-state index is 0.577. The van der Waals surface area contributed by atoms with Gasteiger partial charge in [-0.25, -0.2) is 0 Å². The molecular formula is C33H58O3S. The third kappa shape index (κ3) is 18.2. The normalized spacial score (nSPS) is 15.1. The van der Waals surface area contributed by atoms with Crippen LogP contribution < -0.4 is 9.47 Å². The van der Waals surface area contributed by atoms with Crippen molar-refractivity contribution in [2.45, 2.75) is 93.9 Å². The van der Waals surface area contributed by atoms with E-state index in [-0.39, 0.29) is 0 Å². The summed E-state index contributed by atoms with van der Waals surface area (Å²) in [6.07, 6.45) is 7.59. The maximum atomic E-state index is 5.30. The van der Waals surface area contributed by atoms with Gasteiger partial charge in [-0.3, -0.25) is 0 Å². The number of benzene rings is 2. The topological polar surface area (TPSA) is 27.7 Å². The van der Waals surface area contributed by atoms with Gasteiger partial charge >= 0.3 is 0 Å². The Hall–Kier alpha value is -1.78. The molecule has 4 aliphatic heterocycles. The summed E-state index contributed by atoms with van der Waals surface area (Å²) in [5.74, 6) is 8.91. The predicted octanol–water partition coefficient (Wildman–Crippen LogP) is 9.63. The number of hydrogen-bond donors (Lipinski definition) is 0. The Balaban J connectivity index is 0. The molecule has 0 saturated carbocycles. The highest BCUT2D eigenvalue weighted by Gasteiger charge is 2.09. The van der Waals surface area contributed by atoms with E-state index < -0.39 is 0 Å². The van der Waals surface area contributed by atoms with E-state index in [0.717, 1.165) is 50.8 Å². The smallest absolute Gasteiger partial charge is 0.122 e. The Bertz CT molecular complexity index is 646. The van der Waals surface area contributed by atoms with E-state index in [1.807, 2.05) is 91.8 Å². The molecule has 0 atom stereocenters. The van der Waals surface area contributed by atoms with Crippen LogP contribution in [0.5, 0.6) is 11.5 Å². The Labute approximate surface area is 233 Å². The van der Waals surface area contributed by atoms with Gasteiger partial charge in [0.05, 0.1) is 13.2 Å². The van der Waals surface area contributed by atoms with Crippen molar-refractivity contribution in [3.8, 4) is 11.5 Å². The van der Waals surface area contributed by atoms with Crippen molar-refractivity contribution in [2.75, 3.05) is 37.9 Å². The highest BCUT2D eigenvalue weighted by Crippen LogP contribution is 2.24. The van der Waals surface area contributed by atoms with Crippen LogP contribution in [0.3, 0.4) is 0 Å². The molecule has 0 bridgehead atoms. The van der Waals surface area contributed by atoms with E-state index in [1.54, 1.807) is 0 Å². The number of hydrogen-bond acceptors (Lipinski definition) is 3. The summed E-state index contributed by atoms with van der Waals surface area (Å²) in [6, 6.07) is 16.4. The largest absolute Gasteiger partial charge is 0.493 e. The van der Waals surface area contributed by atoms with Crippen LogP contribution in [-0.2, 0) is 17.6 Å². The van der Waals surface area contributed by atoms with Gasteiger partial charge in [0, 0.05) is 26.1 Å². The second-order valence-corrected chi connectivity index (χ2v) is 9.50. The molecular weight excluding hydrogens is 476 g/mol. The van der Waals surface area contributed by atoms with E-state index in [9.17, 15) is 0 Å². The highest BCUT2D eigenvalue weighted by atomic mass is 32.2. The fourth-order valence-electron chi connectivity index (χ4n) is 3.47. The summed E-state index contributed by atoms with van der Waals surface area (Å²) in [7, 11) is 0.577. The van der Waals surface area contributed by atoms with Gasteiger partial charge in [0.2, 0.25) is 0 Å². The van der Waals surface area contributed by atoms with Gasteiger partial charge in [-0.1, -0.05) is 97.7 Å². The van der Waals surface area contributed by atoms with Crippen LogP contribution in [0.25, 0.3) is 0 Å². The van der Waals surface area contributed by atoms with Crippen molar-refractivity contribution in [1.29, 1.82) is 0 Å². The molecule has 0 aliphatic carbocycles. The molecule has 4 heterocycles. The lowest BCUT2D eigenvalue weighted by Crippen LogP contribution is -1.85. The van der Waals surface area contributed by atoms with Crippen molar-refractivity contribution >= 4 is 16.4 Å². The van der Waals surface area contributed by atoms with Crippen LogP contribution in [-0.4, -0.2) is 43.8 Å². The molecule has 2 saturated heterocycles. The van der Waals surface area contributed by atoms with Gasteiger partial charge in [0.25, 0.3) is 0 Å². The van der Waals surface area contributed by atoms with E-state index >= 15 is 0 Å². The molecule has 0 aromatic heterocycles. The van der Waals surface area contributed by atoms with Gasteiger partial charge in [-0.05, 0) is 60.4 Å². The van der Waals surface area contributed by atoms with Crippen molar-refractivity contribution in [3.63, 3.8) is 0 Å². The summed E-state index contributed by atoms with van der Waals surface area (Å²) in [5, 5.41) is 0. The van der Waals surface area contributed by atoms with E-state index in [4.69, 9.17) is 14.2 Å². The summed E-state index contributed by atoms with van der Waals surface area (Å²) in [5.41, 5.74) is 2.69. The van der Waals surface area contributed by atoms with E-state index in [0.29, 0.717) is 10.5 Å². The van der Waals surface area contributed by atoms with E-state index in [2.05, 4.69) is 18.0 Å². The minimum Gasteiger partial charge on any atom is -0.493 e. The lowest BCUT2D eigenvalue weighted by Gasteiger charge is -1.93. The molecule has 4 heteroatoms. The summed E-state index contributed by atoms with van der Waals surface area (Å²) in [6.45, 7) is 19.7. The lowest BCUT2D eigenvalue weighted by molar-refractivity contribution is 0.198. The summed E-state index contributed by atoms with van der Waals surface area (Å²) in [4.78, 5) is 0. The molecule has 214 valence electrons. The fourth-order valence-corrected chi connectivity index (χ4v) is 4.90. The zero-order valence-electron chi connectivity index (χ0n) is 25.4. The maximum Gasteiger partial charge on any atom is 0.122 e. The van der Waals surface area contributed by atoms with Crippen LogP contribution in [0.15, 0.2) is 48.5 Å². The second kappa shape index (κ2) is 28.8. The van der Waals surface area contributed by atoms with Gasteiger partial charge in [-0.2, -0.15) is 10.5 Å². The Kier molecular flexibility index (Phi) is 29.1. The zero-order chi connectivity index (χ0) is 28.2. The molecule has 0 amide bonds. The zero-order valence-corrected chi connectivity index (χ0v) is 26.3. The molecule has 6 rings (SSSR count). The Morgan fingerprint density at radius 3 is 1.19 bits per heavy atom. The Morgan fingerprint density at radius 1 is 0.541 bits per heavy atom. The second-order valence-electron chi connectivity index (χ2n) is 7.46. The highest BCUT2D eigenvalue weighted by molar-refractivity contribution is 8.14. The number of para-hydroxylation sites is 2. The SMILES string of the molecule is C1CCOC1.C=S1CCCC1.CC.CC.CC.CC.c1ccc2c(c1)CCO2.c1ccc2c(c1)CCO2. The third-order valence-corrected chi connectivity index (χ3v) is 6.88. The molecule has 2 aromatic carbocycles. The van der Waals surface area contributed by atoms with Gasteiger partial charge < -0.3 is 14.2 Å². The monoisotopic (exact) mass is 534 g/mol. The summed E-state index contributed by atoms with van der Waals surface area (Å²) < 4.78 is 15.5. The standard InChI is InChI=1S/2C8H8O.C5H10S.C4H8O.4C2H6/c2*1-2-4-8-7(3-1)5-6-9-8;1-6-4-2-3-5-6;1-2-4-5-3-1;4*1-2/h2*1-4H,5-6H2;1-5H2;1-4H2;4*1-2H3. The average molecular weight is 535 g/mol. The van der Waals surface area contributed by atoms with Gasteiger partial charge in [0.15, 0.2) is 0 Å². The van der Waals surface area contributed by atoms with Crippen LogP contribution >= 0.6 is 10.5 Å². The molecule has 3 nitrogen and oxygen atoms in total. The van der Waals surface area contributed by atoms with E-state index in [1.165, 1.54) is 48.3 Å². The quantitative estimate of drug-likeness (QED) is 0.315. The van der Waals surface area contributed by atoms with Gasteiger partial charge in [-0.15, -0.1) is 0 Å².